The molecule has 3 aromatic rings. The van der Waals surface area contributed by atoms with Crippen molar-refractivity contribution in [2.45, 2.75) is 51.4 Å². The van der Waals surface area contributed by atoms with Gasteiger partial charge in [-0.15, -0.1) is 0 Å². The molecule has 2 heterocycles. The summed E-state index contributed by atoms with van der Waals surface area (Å²) < 4.78 is 49.4. The number of nitrogens with two attached hydrogens (primary N) is 1. The zero-order valence-electron chi connectivity index (χ0n) is 20.5. The first-order valence-electron chi connectivity index (χ1n) is 12.1. The monoisotopic (exact) mass is 514 g/mol. The molecule has 0 spiro atoms. The number of carbonyl (C=O) groups is 1. The van der Waals surface area contributed by atoms with Crippen molar-refractivity contribution in [3.8, 4) is 11.3 Å². The van der Waals surface area contributed by atoms with Crippen molar-refractivity contribution in [3.63, 3.8) is 0 Å². The number of nitrogens with one attached hydrogen (secondary N) is 1. The largest absolute Gasteiger partial charge is 0.391 e. The number of rotatable bonds is 7. The molecule has 10 heteroatoms. The van der Waals surface area contributed by atoms with E-state index in [1.165, 1.54) is 6.20 Å². The maximum atomic E-state index is 14.8. The predicted molar refractivity (Wildman–Crippen MR) is 132 cm³/mol. The first kappa shape index (κ1) is 26.7. The molecule has 4 rings (SSSR count). The lowest BCUT2D eigenvalue weighted by Gasteiger charge is -2.36. The zero-order chi connectivity index (χ0) is 26.7. The van der Waals surface area contributed by atoms with Crippen LogP contribution in [0, 0.1) is 23.4 Å². The van der Waals surface area contributed by atoms with Crippen LogP contribution < -0.4 is 11.1 Å². The van der Waals surface area contributed by atoms with Gasteiger partial charge in [-0.25, -0.2) is 18.2 Å². The van der Waals surface area contributed by atoms with Gasteiger partial charge in [0, 0.05) is 18.8 Å². The number of aliphatic hydroxyl groups excluding tert-OH is 1. The Morgan fingerprint density at radius 3 is 2.57 bits per heavy atom. The molecule has 0 bridgehead atoms. The molecule has 1 saturated carbocycles. The van der Waals surface area contributed by atoms with Gasteiger partial charge in [0.1, 0.15) is 28.8 Å². The summed E-state index contributed by atoms with van der Waals surface area (Å²) in [6, 6.07) is 5.55. The van der Waals surface area contributed by atoms with E-state index in [9.17, 15) is 23.1 Å². The smallest absolute Gasteiger partial charge is 0.274 e. The summed E-state index contributed by atoms with van der Waals surface area (Å²) in [7, 11) is 0. The number of nitrogens with zero attached hydrogens (tertiary/aromatic N) is 2. The average molecular weight is 515 g/mol. The first-order chi connectivity index (χ1) is 17.7. The number of aliphatic hydroxyl groups is 1. The van der Waals surface area contributed by atoms with Crippen LogP contribution in [0.15, 0.2) is 42.7 Å². The van der Waals surface area contributed by atoms with Crippen LogP contribution in [0.1, 0.15) is 54.2 Å². The third-order valence-corrected chi connectivity index (χ3v) is 6.67. The topological polar surface area (TPSA) is 110 Å². The van der Waals surface area contributed by atoms with E-state index >= 15 is 0 Å². The molecule has 2 aromatic heterocycles. The van der Waals surface area contributed by atoms with Gasteiger partial charge >= 0.3 is 0 Å². The molecule has 196 valence electrons. The van der Waals surface area contributed by atoms with Crippen molar-refractivity contribution in [2.75, 3.05) is 11.9 Å². The lowest BCUT2D eigenvalue weighted by Crippen LogP contribution is -2.44. The SMILES string of the molecule is CCOCc1cc(F)c(-c2nc(C(=O)Nc3cnccc3[C@H]3C[C@@H](N)[C@H](O)[C@@H](C)C3)ccc2F)c(F)c1. The highest BCUT2D eigenvalue weighted by atomic mass is 19.1. The van der Waals surface area contributed by atoms with Crippen molar-refractivity contribution in [1.29, 1.82) is 0 Å². The van der Waals surface area contributed by atoms with E-state index < -0.39 is 46.8 Å². The molecule has 4 N–H and O–H groups in total. The fourth-order valence-corrected chi connectivity index (χ4v) is 4.78. The Balaban J connectivity index is 1.61. The molecule has 1 aromatic carbocycles. The number of benzene rings is 1. The van der Waals surface area contributed by atoms with Crippen LogP contribution in [0.5, 0.6) is 0 Å². The van der Waals surface area contributed by atoms with E-state index in [0.29, 0.717) is 25.1 Å². The molecule has 1 amide bonds. The van der Waals surface area contributed by atoms with Crippen LogP contribution >= 0.6 is 0 Å². The molecule has 0 radical (unpaired) electrons. The number of anilines is 1. The third-order valence-electron chi connectivity index (χ3n) is 6.67. The van der Waals surface area contributed by atoms with Gasteiger partial charge in [-0.1, -0.05) is 6.92 Å². The number of pyridine rings is 2. The van der Waals surface area contributed by atoms with Crippen LogP contribution in [0.3, 0.4) is 0 Å². The Morgan fingerprint density at radius 2 is 1.89 bits per heavy atom. The van der Waals surface area contributed by atoms with E-state index in [4.69, 9.17) is 10.5 Å². The zero-order valence-corrected chi connectivity index (χ0v) is 20.5. The van der Waals surface area contributed by atoms with Gasteiger partial charge in [0.2, 0.25) is 0 Å². The van der Waals surface area contributed by atoms with E-state index in [-0.39, 0.29) is 29.7 Å². The fraction of sp³-hybridized carbons (Fsp3) is 0.370. The van der Waals surface area contributed by atoms with Gasteiger partial charge < -0.3 is 20.9 Å². The highest BCUT2D eigenvalue weighted by Crippen LogP contribution is 2.38. The lowest BCUT2D eigenvalue weighted by atomic mass is 9.74. The molecule has 1 aliphatic carbocycles. The number of aromatic nitrogens is 2. The van der Waals surface area contributed by atoms with Crippen molar-refractivity contribution < 1.29 is 27.8 Å². The van der Waals surface area contributed by atoms with Crippen LogP contribution in [-0.2, 0) is 11.3 Å². The summed E-state index contributed by atoms with van der Waals surface area (Å²) in [5, 5.41) is 12.9. The minimum atomic E-state index is -1.02. The molecule has 0 aliphatic heterocycles. The number of hydrogen-bond donors (Lipinski definition) is 3. The normalized spacial score (nSPS) is 21.6. The standard InChI is InChI=1S/C27H29F3N4O3/c1-3-37-13-15-9-19(29)24(20(30)10-15)25-18(28)4-5-22(33-25)27(36)34-23-12-32-7-6-17(23)16-8-14(2)26(35)21(31)11-16/h4-7,9-10,12,14,16,21,26,35H,3,8,11,13,31H2,1-2H3,(H,34,36)/t14-,16+,21+,26+/m0/s1. The van der Waals surface area contributed by atoms with Gasteiger partial charge in [-0.3, -0.25) is 9.78 Å². The molecule has 0 saturated heterocycles. The first-order valence-corrected chi connectivity index (χ1v) is 12.1. The fourth-order valence-electron chi connectivity index (χ4n) is 4.78. The quantitative estimate of drug-likeness (QED) is 0.427. The second kappa shape index (κ2) is 11.4. The lowest BCUT2D eigenvalue weighted by molar-refractivity contribution is 0.0521. The summed E-state index contributed by atoms with van der Waals surface area (Å²) >= 11 is 0. The molecule has 7 nitrogen and oxygen atoms in total. The van der Waals surface area contributed by atoms with Crippen LogP contribution in [-0.4, -0.2) is 39.7 Å². The average Bonchev–Trinajstić information content (AvgIpc) is 2.86. The summed E-state index contributed by atoms with van der Waals surface area (Å²) in [6.07, 6.45) is 3.66. The van der Waals surface area contributed by atoms with Gasteiger partial charge in [-0.2, -0.15) is 0 Å². The molecule has 4 atom stereocenters. The Hall–Kier alpha value is -3.34. The highest BCUT2D eigenvalue weighted by molar-refractivity contribution is 6.03. The molecule has 37 heavy (non-hydrogen) atoms. The Bertz CT molecular complexity index is 1250. The summed E-state index contributed by atoms with van der Waals surface area (Å²) in [5.41, 5.74) is 6.07. The van der Waals surface area contributed by atoms with Crippen LogP contribution in [0.25, 0.3) is 11.3 Å². The Labute approximate surface area is 212 Å². The minimum absolute atomic E-state index is 0.0000560. The van der Waals surface area contributed by atoms with Gasteiger partial charge in [0.25, 0.3) is 5.91 Å². The number of hydrogen-bond acceptors (Lipinski definition) is 6. The Kier molecular flexibility index (Phi) is 8.21. The van der Waals surface area contributed by atoms with Crippen LogP contribution in [0.2, 0.25) is 0 Å². The van der Waals surface area contributed by atoms with Crippen molar-refractivity contribution in [1.82, 2.24) is 9.97 Å². The molecule has 1 fully saturated rings. The van der Waals surface area contributed by atoms with Crippen molar-refractivity contribution in [3.05, 3.63) is 77.0 Å². The van der Waals surface area contributed by atoms with Crippen LogP contribution in [0.4, 0.5) is 18.9 Å². The van der Waals surface area contributed by atoms with E-state index in [1.54, 1.807) is 19.2 Å². The minimum Gasteiger partial charge on any atom is -0.391 e. The van der Waals surface area contributed by atoms with Gasteiger partial charge in [-0.05, 0) is 73.1 Å². The second-order valence-electron chi connectivity index (χ2n) is 9.32. The maximum absolute atomic E-state index is 14.8. The van der Waals surface area contributed by atoms with Crippen molar-refractivity contribution in [2.24, 2.45) is 11.7 Å². The predicted octanol–water partition coefficient (Wildman–Crippen LogP) is 4.55. The number of amides is 1. The van der Waals surface area contributed by atoms with E-state index in [1.807, 2.05) is 6.92 Å². The maximum Gasteiger partial charge on any atom is 0.274 e. The molecular formula is C27H29F3N4O3. The number of halogens is 3. The van der Waals surface area contributed by atoms with E-state index in [0.717, 1.165) is 29.8 Å². The summed E-state index contributed by atoms with van der Waals surface area (Å²) in [5.74, 6) is -3.76. The number of ether oxygens (including phenoxy) is 1. The van der Waals surface area contributed by atoms with E-state index in [2.05, 4.69) is 15.3 Å². The number of carbonyl (C=O) groups excluding carboxylic acids is 1. The Morgan fingerprint density at radius 1 is 1.16 bits per heavy atom. The van der Waals surface area contributed by atoms with Crippen molar-refractivity contribution >= 4 is 11.6 Å². The van der Waals surface area contributed by atoms with Gasteiger partial charge in [0.05, 0.1) is 30.2 Å². The second-order valence-corrected chi connectivity index (χ2v) is 9.32. The summed E-state index contributed by atoms with van der Waals surface area (Å²) in [6.45, 7) is 4.04. The highest BCUT2D eigenvalue weighted by Gasteiger charge is 2.34. The van der Waals surface area contributed by atoms with Gasteiger partial charge in [0.15, 0.2) is 0 Å². The summed E-state index contributed by atoms with van der Waals surface area (Å²) in [4.78, 5) is 21.1. The molecule has 0 unspecified atom stereocenters. The molecule has 1 aliphatic rings. The third kappa shape index (κ3) is 5.82. The molecular weight excluding hydrogens is 485 g/mol.